The van der Waals surface area contributed by atoms with E-state index in [1.54, 1.807) is 35.9 Å². The Bertz CT molecular complexity index is 303. The molecule has 0 aliphatic heterocycles. The van der Waals surface area contributed by atoms with Gasteiger partial charge in [-0.15, -0.1) is 13.2 Å². The molecule has 0 heterocycles. The van der Waals surface area contributed by atoms with Crippen LogP contribution in [-0.2, 0) is 9.59 Å². The zero-order chi connectivity index (χ0) is 14.7. The number of nitrogens with zero attached hydrogens (tertiary/aromatic N) is 2. The van der Waals surface area contributed by atoms with Crippen molar-refractivity contribution >= 4 is 11.8 Å². The second kappa shape index (κ2) is 10.4. The van der Waals surface area contributed by atoms with Gasteiger partial charge in [0, 0.05) is 40.0 Å². The predicted octanol–water partition coefficient (Wildman–Crippen LogP) is 2.23. The minimum atomic E-state index is 0.0826. The van der Waals surface area contributed by atoms with Crippen molar-refractivity contribution in [2.45, 2.75) is 32.6 Å². The third-order valence-electron chi connectivity index (χ3n) is 2.97. The predicted molar refractivity (Wildman–Crippen MR) is 78.8 cm³/mol. The lowest BCUT2D eigenvalue weighted by Crippen LogP contribution is -2.31. The quantitative estimate of drug-likeness (QED) is 0.449. The van der Waals surface area contributed by atoms with Crippen LogP contribution in [-0.4, -0.2) is 48.3 Å². The SMILES string of the molecule is C=CCN(CC=C)C(=O)CCCCCN(C)C(C)=O. The summed E-state index contributed by atoms with van der Waals surface area (Å²) < 4.78 is 0. The first-order valence-electron chi connectivity index (χ1n) is 6.74. The van der Waals surface area contributed by atoms with Crippen LogP contribution in [0.3, 0.4) is 0 Å². The zero-order valence-corrected chi connectivity index (χ0v) is 12.2. The van der Waals surface area contributed by atoms with Crippen LogP contribution in [0.4, 0.5) is 0 Å². The average Bonchev–Trinajstić information content (AvgIpc) is 2.37. The van der Waals surface area contributed by atoms with Gasteiger partial charge in [-0.1, -0.05) is 18.6 Å². The van der Waals surface area contributed by atoms with Crippen molar-refractivity contribution in [3.8, 4) is 0 Å². The molecule has 19 heavy (non-hydrogen) atoms. The Kier molecular flexibility index (Phi) is 9.49. The summed E-state index contributed by atoms with van der Waals surface area (Å²) in [6, 6.07) is 0. The molecule has 4 heteroatoms. The summed E-state index contributed by atoms with van der Waals surface area (Å²) in [4.78, 5) is 26.3. The van der Waals surface area contributed by atoms with Crippen molar-refractivity contribution in [2.75, 3.05) is 26.7 Å². The molecule has 2 amide bonds. The Balaban J connectivity index is 3.80. The number of hydrogen-bond donors (Lipinski definition) is 0. The van der Waals surface area contributed by atoms with E-state index in [0.717, 1.165) is 25.8 Å². The van der Waals surface area contributed by atoms with Gasteiger partial charge < -0.3 is 9.80 Å². The molecule has 0 radical (unpaired) electrons. The standard InChI is InChI=1S/C15H26N2O2/c1-5-11-17(12-6-2)15(19)10-8-7-9-13-16(4)14(3)18/h5-6H,1-2,7-13H2,3-4H3. The monoisotopic (exact) mass is 266 g/mol. The molecule has 0 spiro atoms. The van der Waals surface area contributed by atoms with Crippen LogP contribution in [0.15, 0.2) is 25.3 Å². The van der Waals surface area contributed by atoms with Crippen molar-refractivity contribution < 1.29 is 9.59 Å². The van der Waals surface area contributed by atoms with E-state index in [-0.39, 0.29) is 11.8 Å². The van der Waals surface area contributed by atoms with Crippen molar-refractivity contribution in [3.63, 3.8) is 0 Å². The van der Waals surface area contributed by atoms with Gasteiger partial charge in [-0.05, 0) is 12.8 Å². The molecule has 0 atom stereocenters. The molecule has 0 saturated heterocycles. The van der Waals surface area contributed by atoms with E-state index < -0.39 is 0 Å². The lowest BCUT2D eigenvalue weighted by Gasteiger charge is -2.19. The molecule has 0 aromatic heterocycles. The number of carbonyl (C=O) groups is 2. The summed E-state index contributed by atoms with van der Waals surface area (Å²) in [6.07, 6.45) is 6.75. The van der Waals surface area contributed by atoms with E-state index in [1.165, 1.54) is 0 Å². The zero-order valence-electron chi connectivity index (χ0n) is 12.2. The van der Waals surface area contributed by atoms with E-state index in [1.807, 2.05) is 0 Å². The Hall–Kier alpha value is -1.58. The first-order chi connectivity index (χ1) is 9.02. The van der Waals surface area contributed by atoms with Gasteiger partial charge in [-0.25, -0.2) is 0 Å². The third-order valence-corrected chi connectivity index (χ3v) is 2.97. The average molecular weight is 266 g/mol. The maximum atomic E-state index is 11.9. The molecule has 0 aliphatic carbocycles. The molecular formula is C15H26N2O2. The number of unbranched alkanes of at least 4 members (excludes halogenated alkanes) is 2. The topological polar surface area (TPSA) is 40.6 Å². The van der Waals surface area contributed by atoms with Gasteiger partial charge in [0.1, 0.15) is 0 Å². The van der Waals surface area contributed by atoms with Crippen LogP contribution in [0.5, 0.6) is 0 Å². The number of amides is 2. The first kappa shape index (κ1) is 17.4. The lowest BCUT2D eigenvalue weighted by molar-refractivity contribution is -0.130. The highest BCUT2D eigenvalue weighted by Gasteiger charge is 2.09. The smallest absolute Gasteiger partial charge is 0.223 e. The van der Waals surface area contributed by atoms with Gasteiger partial charge in [0.15, 0.2) is 0 Å². The normalized spacial score (nSPS) is 9.79. The highest BCUT2D eigenvalue weighted by atomic mass is 16.2. The summed E-state index contributed by atoms with van der Waals surface area (Å²) in [5, 5.41) is 0. The highest BCUT2D eigenvalue weighted by Crippen LogP contribution is 2.05. The molecule has 108 valence electrons. The Morgan fingerprint density at radius 3 is 2.11 bits per heavy atom. The number of hydrogen-bond acceptors (Lipinski definition) is 2. The van der Waals surface area contributed by atoms with Crippen molar-refractivity contribution in [1.29, 1.82) is 0 Å². The van der Waals surface area contributed by atoms with Crippen LogP contribution >= 0.6 is 0 Å². The van der Waals surface area contributed by atoms with Crippen LogP contribution in [0, 0.1) is 0 Å². The second-order valence-electron chi connectivity index (χ2n) is 4.63. The first-order valence-corrected chi connectivity index (χ1v) is 6.74. The van der Waals surface area contributed by atoms with Gasteiger partial charge >= 0.3 is 0 Å². The van der Waals surface area contributed by atoms with Crippen molar-refractivity contribution in [1.82, 2.24) is 9.80 Å². The summed E-state index contributed by atoms with van der Waals surface area (Å²) in [5.74, 6) is 0.221. The maximum absolute atomic E-state index is 11.9. The molecule has 0 unspecified atom stereocenters. The van der Waals surface area contributed by atoms with Gasteiger partial charge in [0.05, 0.1) is 0 Å². The molecule has 0 aromatic rings. The highest BCUT2D eigenvalue weighted by molar-refractivity contribution is 5.76. The number of rotatable bonds is 10. The molecular weight excluding hydrogens is 240 g/mol. The van der Waals surface area contributed by atoms with Crippen molar-refractivity contribution in [3.05, 3.63) is 25.3 Å². The van der Waals surface area contributed by atoms with E-state index >= 15 is 0 Å². The summed E-state index contributed by atoms with van der Waals surface area (Å²) in [7, 11) is 1.80. The van der Waals surface area contributed by atoms with Gasteiger partial charge in [0.25, 0.3) is 0 Å². The largest absolute Gasteiger partial charge is 0.346 e. The maximum Gasteiger partial charge on any atom is 0.223 e. The molecule has 0 aromatic carbocycles. The Morgan fingerprint density at radius 2 is 1.63 bits per heavy atom. The van der Waals surface area contributed by atoms with Crippen LogP contribution < -0.4 is 0 Å². The van der Waals surface area contributed by atoms with E-state index in [0.29, 0.717) is 19.5 Å². The second-order valence-corrected chi connectivity index (χ2v) is 4.63. The molecule has 0 aliphatic rings. The van der Waals surface area contributed by atoms with Gasteiger partial charge in [0.2, 0.25) is 11.8 Å². The van der Waals surface area contributed by atoms with Crippen LogP contribution in [0.2, 0.25) is 0 Å². The lowest BCUT2D eigenvalue weighted by atomic mass is 10.1. The van der Waals surface area contributed by atoms with Crippen molar-refractivity contribution in [2.24, 2.45) is 0 Å². The van der Waals surface area contributed by atoms with Crippen LogP contribution in [0.1, 0.15) is 32.6 Å². The summed E-state index contributed by atoms with van der Waals surface area (Å²) in [5.41, 5.74) is 0. The molecule has 4 nitrogen and oxygen atoms in total. The summed E-state index contributed by atoms with van der Waals surface area (Å²) in [6.45, 7) is 10.7. The Labute approximate surface area is 116 Å². The molecule has 0 bridgehead atoms. The van der Waals surface area contributed by atoms with E-state index in [2.05, 4.69) is 13.2 Å². The van der Waals surface area contributed by atoms with E-state index in [9.17, 15) is 9.59 Å². The van der Waals surface area contributed by atoms with E-state index in [4.69, 9.17) is 0 Å². The molecule has 0 rings (SSSR count). The molecule has 0 fully saturated rings. The fourth-order valence-electron chi connectivity index (χ4n) is 1.71. The minimum absolute atomic E-state index is 0.0826. The molecule has 0 N–H and O–H groups in total. The van der Waals surface area contributed by atoms with Gasteiger partial charge in [-0.3, -0.25) is 9.59 Å². The third kappa shape index (κ3) is 8.19. The Morgan fingerprint density at radius 1 is 1.05 bits per heavy atom. The fourth-order valence-corrected chi connectivity index (χ4v) is 1.71. The van der Waals surface area contributed by atoms with Crippen LogP contribution in [0.25, 0.3) is 0 Å². The number of carbonyl (C=O) groups excluding carboxylic acids is 2. The minimum Gasteiger partial charge on any atom is -0.346 e. The van der Waals surface area contributed by atoms with Gasteiger partial charge in [-0.2, -0.15) is 0 Å². The fraction of sp³-hybridized carbons (Fsp3) is 0.600. The molecule has 0 saturated carbocycles. The summed E-state index contributed by atoms with van der Waals surface area (Å²) >= 11 is 0.